The zero-order chi connectivity index (χ0) is 18.3. The average molecular weight is 386 g/mol. The number of hydrogen-bond acceptors (Lipinski definition) is 3. The predicted octanol–water partition coefficient (Wildman–Crippen LogP) is 3.00. The molecular formula is C19H19N3O2S2. The molecule has 134 valence electrons. The van der Waals surface area contributed by atoms with Crippen molar-refractivity contribution in [1.82, 2.24) is 9.13 Å². The van der Waals surface area contributed by atoms with Crippen LogP contribution in [0.1, 0.15) is 11.1 Å². The van der Waals surface area contributed by atoms with E-state index >= 15 is 0 Å². The third-order valence-electron chi connectivity index (χ3n) is 4.65. The van der Waals surface area contributed by atoms with Crippen LogP contribution in [0.15, 0.2) is 52.6 Å². The average Bonchev–Trinajstić information content (AvgIpc) is 3.15. The molecule has 2 aromatic carbocycles. The van der Waals surface area contributed by atoms with E-state index in [0.717, 1.165) is 16.6 Å². The van der Waals surface area contributed by atoms with Crippen molar-refractivity contribution in [3.63, 3.8) is 0 Å². The zero-order valence-electron chi connectivity index (χ0n) is 14.3. The second kappa shape index (κ2) is 6.83. The lowest BCUT2D eigenvalue weighted by Crippen LogP contribution is -2.27. The maximum absolute atomic E-state index is 13.0. The standard InChI is InChI=1S/C19H19N3O2S2/c1-13-5-4-8-17-18(13)14(12-25-17)11-22-16-7-3-2-6-15(16)21(19(22)23)9-10-26(20)24/h2-8,12H,9-11,20H2,1H3. The van der Waals surface area contributed by atoms with Crippen LogP contribution in [-0.2, 0) is 24.1 Å². The van der Waals surface area contributed by atoms with E-state index in [-0.39, 0.29) is 11.4 Å². The van der Waals surface area contributed by atoms with Gasteiger partial charge in [-0.2, -0.15) is 0 Å². The first-order valence-corrected chi connectivity index (χ1v) is 10.6. The van der Waals surface area contributed by atoms with Crippen molar-refractivity contribution >= 4 is 43.4 Å². The highest BCUT2D eigenvalue weighted by atomic mass is 32.2. The van der Waals surface area contributed by atoms with Gasteiger partial charge in [-0.25, -0.2) is 9.00 Å². The number of nitrogens with zero attached hydrogens (tertiary/aromatic N) is 2. The van der Waals surface area contributed by atoms with Gasteiger partial charge in [0.1, 0.15) is 0 Å². The summed E-state index contributed by atoms with van der Waals surface area (Å²) in [7, 11) is -1.43. The lowest BCUT2D eigenvalue weighted by molar-refractivity contribution is 0.663. The Morgan fingerprint density at radius 3 is 2.54 bits per heavy atom. The van der Waals surface area contributed by atoms with Gasteiger partial charge in [0.05, 0.1) is 34.3 Å². The summed E-state index contributed by atoms with van der Waals surface area (Å²) in [4.78, 5) is 13.0. The number of fused-ring (bicyclic) bond motifs is 2. The minimum absolute atomic E-state index is 0.0930. The van der Waals surface area contributed by atoms with E-state index in [0.29, 0.717) is 13.1 Å². The van der Waals surface area contributed by atoms with Crippen molar-refractivity contribution in [2.45, 2.75) is 20.0 Å². The van der Waals surface area contributed by atoms with Crippen LogP contribution in [0.4, 0.5) is 0 Å². The summed E-state index contributed by atoms with van der Waals surface area (Å²) in [5.41, 5.74) is 4.00. The zero-order valence-corrected chi connectivity index (χ0v) is 16.0. The number of benzene rings is 2. The third kappa shape index (κ3) is 2.92. The summed E-state index contributed by atoms with van der Waals surface area (Å²) in [6, 6.07) is 14.0. The molecule has 1 unspecified atom stereocenters. The summed E-state index contributed by atoms with van der Waals surface area (Å²) < 4.78 is 16.0. The molecule has 4 aromatic rings. The maximum Gasteiger partial charge on any atom is 0.329 e. The van der Waals surface area contributed by atoms with Crippen molar-refractivity contribution < 1.29 is 4.21 Å². The summed E-state index contributed by atoms with van der Waals surface area (Å²) >= 11 is 1.70. The number of hydrogen-bond donors (Lipinski definition) is 1. The minimum Gasteiger partial charge on any atom is -0.291 e. The first-order chi connectivity index (χ1) is 12.6. The van der Waals surface area contributed by atoms with Gasteiger partial charge in [-0.3, -0.25) is 14.3 Å². The highest BCUT2D eigenvalue weighted by Crippen LogP contribution is 2.29. The fourth-order valence-corrected chi connectivity index (χ4v) is 4.84. The van der Waals surface area contributed by atoms with Crippen molar-refractivity contribution in [3.05, 3.63) is 69.5 Å². The SMILES string of the molecule is Cc1cccc2scc(Cn3c(=O)n(CCS(N)=O)c4ccccc43)c12. The summed E-state index contributed by atoms with van der Waals surface area (Å²) in [5, 5.41) is 8.74. The summed E-state index contributed by atoms with van der Waals surface area (Å²) in [6.07, 6.45) is 0. The van der Waals surface area contributed by atoms with E-state index in [4.69, 9.17) is 5.14 Å². The lowest BCUT2D eigenvalue weighted by atomic mass is 10.1. The fraction of sp³-hybridized carbons (Fsp3) is 0.211. The van der Waals surface area contributed by atoms with E-state index in [1.165, 1.54) is 15.6 Å². The Morgan fingerprint density at radius 1 is 1.08 bits per heavy atom. The van der Waals surface area contributed by atoms with Crippen molar-refractivity contribution in [1.29, 1.82) is 0 Å². The van der Waals surface area contributed by atoms with E-state index in [1.807, 2.05) is 24.3 Å². The van der Waals surface area contributed by atoms with Crippen LogP contribution in [0.5, 0.6) is 0 Å². The Labute approximate surface area is 157 Å². The molecule has 1 atom stereocenters. The number of rotatable bonds is 5. The molecule has 5 nitrogen and oxygen atoms in total. The van der Waals surface area contributed by atoms with Gasteiger partial charge in [0.15, 0.2) is 0 Å². The number of aryl methyl sites for hydroxylation is 2. The van der Waals surface area contributed by atoms with Crippen LogP contribution in [-0.4, -0.2) is 19.1 Å². The molecule has 0 fully saturated rings. The molecule has 0 aliphatic rings. The monoisotopic (exact) mass is 385 g/mol. The van der Waals surface area contributed by atoms with Crippen molar-refractivity contribution in [3.8, 4) is 0 Å². The number of para-hydroxylation sites is 2. The molecule has 7 heteroatoms. The van der Waals surface area contributed by atoms with E-state index in [9.17, 15) is 9.00 Å². The van der Waals surface area contributed by atoms with Gasteiger partial charge < -0.3 is 0 Å². The molecule has 0 saturated carbocycles. The van der Waals surface area contributed by atoms with Crippen molar-refractivity contribution in [2.75, 3.05) is 5.75 Å². The Balaban J connectivity index is 1.85. The third-order valence-corrected chi connectivity index (χ3v) is 6.23. The minimum atomic E-state index is -1.43. The Bertz CT molecular complexity index is 1190. The molecule has 2 heterocycles. The first-order valence-electron chi connectivity index (χ1n) is 8.33. The molecule has 26 heavy (non-hydrogen) atoms. The predicted molar refractivity (Wildman–Crippen MR) is 109 cm³/mol. The van der Waals surface area contributed by atoms with Crippen LogP contribution >= 0.6 is 11.3 Å². The fourth-order valence-electron chi connectivity index (χ4n) is 3.45. The van der Waals surface area contributed by atoms with E-state index in [1.54, 1.807) is 20.5 Å². The van der Waals surface area contributed by atoms with Crippen LogP contribution in [0, 0.1) is 6.92 Å². The van der Waals surface area contributed by atoms with Crippen molar-refractivity contribution in [2.24, 2.45) is 5.14 Å². The molecule has 0 spiro atoms. The van der Waals surface area contributed by atoms with Crippen LogP contribution in [0.25, 0.3) is 21.1 Å². The Kier molecular flexibility index (Phi) is 4.52. The first kappa shape index (κ1) is 17.2. The Morgan fingerprint density at radius 2 is 1.81 bits per heavy atom. The van der Waals surface area contributed by atoms with Crippen LogP contribution in [0.2, 0.25) is 0 Å². The quantitative estimate of drug-likeness (QED) is 0.574. The number of nitrogens with two attached hydrogens (primary N) is 1. The second-order valence-electron chi connectivity index (χ2n) is 6.30. The molecule has 0 radical (unpaired) electrons. The van der Waals surface area contributed by atoms with Gasteiger partial charge >= 0.3 is 5.69 Å². The highest BCUT2D eigenvalue weighted by molar-refractivity contribution is 7.82. The largest absolute Gasteiger partial charge is 0.329 e. The molecule has 2 N–H and O–H groups in total. The topological polar surface area (TPSA) is 70.0 Å². The van der Waals surface area contributed by atoms with Crippen LogP contribution < -0.4 is 10.8 Å². The van der Waals surface area contributed by atoms with Gasteiger partial charge in [-0.05, 0) is 41.6 Å². The lowest BCUT2D eigenvalue weighted by Gasteiger charge is -2.04. The smallest absolute Gasteiger partial charge is 0.291 e. The van der Waals surface area contributed by atoms with Gasteiger partial charge in [-0.1, -0.05) is 24.3 Å². The van der Waals surface area contributed by atoms with Gasteiger partial charge in [0.2, 0.25) is 0 Å². The molecule has 0 aliphatic heterocycles. The van der Waals surface area contributed by atoms with Crippen LogP contribution in [0.3, 0.4) is 0 Å². The normalized spacial score (nSPS) is 12.8. The summed E-state index contributed by atoms with van der Waals surface area (Å²) in [5.74, 6) is 0.258. The van der Waals surface area contributed by atoms with E-state index < -0.39 is 11.0 Å². The van der Waals surface area contributed by atoms with Gasteiger partial charge in [0, 0.05) is 16.6 Å². The van der Waals surface area contributed by atoms with E-state index in [2.05, 4.69) is 30.5 Å². The maximum atomic E-state index is 13.0. The number of aromatic nitrogens is 2. The van der Waals surface area contributed by atoms with Gasteiger partial charge in [-0.15, -0.1) is 11.3 Å². The molecule has 4 rings (SSSR count). The Hall–Kier alpha value is -2.22. The summed E-state index contributed by atoms with van der Waals surface area (Å²) in [6.45, 7) is 2.96. The molecular weight excluding hydrogens is 366 g/mol. The molecule has 2 aromatic heterocycles. The molecule has 0 amide bonds. The molecule has 0 aliphatic carbocycles. The molecule has 0 saturated heterocycles. The number of thiophene rings is 1. The highest BCUT2D eigenvalue weighted by Gasteiger charge is 2.15. The van der Waals surface area contributed by atoms with Gasteiger partial charge in [0.25, 0.3) is 0 Å². The number of imidazole rings is 1. The second-order valence-corrected chi connectivity index (χ2v) is 8.38. The molecule has 0 bridgehead atoms.